The average Bonchev–Trinajstić information content (AvgIpc) is 2.83. The number of ether oxygens (including phenoxy) is 1. The number of piperidine rings is 1. The molecule has 7 heteroatoms. The molecule has 33 heavy (non-hydrogen) atoms. The Labute approximate surface area is 194 Å². The number of carbonyl (C=O) groups is 3. The van der Waals surface area contributed by atoms with E-state index in [9.17, 15) is 14.4 Å². The SMILES string of the molecule is CC(=O)Nc1cccc(C(=O)N2CCC3(CC2)CC(CNC(=O)c2ccccc2)CCO3)c1. The molecule has 2 fully saturated rings. The molecular weight excluding hydrogens is 418 g/mol. The van der Waals surface area contributed by atoms with E-state index in [0.717, 1.165) is 25.7 Å². The van der Waals surface area contributed by atoms with Crippen molar-refractivity contribution in [3.05, 3.63) is 65.7 Å². The van der Waals surface area contributed by atoms with E-state index in [1.807, 2.05) is 35.2 Å². The largest absolute Gasteiger partial charge is 0.375 e. The molecule has 1 atom stereocenters. The fourth-order valence-electron chi connectivity index (χ4n) is 4.81. The molecule has 2 N–H and O–H groups in total. The van der Waals surface area contributed by atoms with Gasteiger partial charge < -0.3 is 20.3 Å². The summed E-state index contributed by atoms with van der Waals surface area (Å²) < 4.78 is 6.23. The summed E-state index contributed by atoms with van der Waals surface area (Å²) in [4.78, 5) is 38.6. The van der Waals surface area contributed by atoms with Crippen LogP contribution in [0.5, 0.6) is 0 Å². The number of carbonyl (C=O) groups excluding carboxylic acids is 3. The number of rotatable bonds is 5. The van der Waals surface area contributed by atoms with Crippen molar-refractivity contribution in [2.24, 2.45) is 5.92 Å². The van der Waals surface area contributed by atoms with Gasteiger partial charge in [0, 0.05) is 50.0 Å². The van der Waals surface area contributed by atoms with Crippen LogP contribution in [0.15, 0.2) is 54.6 Å². The Morgan fingerprint density at radius 1 is 1.03 bits per heavy atom. The molecule has 1 unspecified atom stereocenters. The van der Waals surface area contributed by atoms with Gasteiger partial charge in [-0.2, -0.15) is 0 Å². The lowest BCUT2D eigenvalue weighted by molar-refractivity contribution is -0.122. The minimum absolute atomic E-state index is 0.0282. The number of nitrogens with zero attached hydrogens (tertiary/aromatic N) is 1. The van der Waals surface area contributed by atoms with Crippen LogP contribution < -0.4 is 10.6 Å². The van der Waals surface area contributed by atoms with Gasteiger partial charge >= 0.3 is 0 Å². The van der Waals surface area contributed by atoms with Crippen LogP contribution in [0.2, 0.25) is 0 Å². The molecule has 0 aliphatic carbocycles. The van der Waals surface area contributed by atoms with Gasteiger partial charge in [-0.05, 0) is 61.9 Å². The number of benzene rings is 2. The Hall–Kier alpha value is -3.19. The average molecular weight is 450 g/mol. The molecule has 174 valence electrons. The van der Waals surface area contributed by atoms with E-state index >= 15 is 0 Å². The molecule has 2 aromatic carbocycles. The molecule has 0 saturated carbocycles. The maximum absolute atomic E-state index is 13.0. The highest BCUT2D eigenvalue weighted by Crippen LogP contribution is 2.37. The normalized spacial score (nSPS) is 19.7. The van der Waals surface area contributed by atoms with Crippen molar-refractivity contribution < 1.29 is 19.1 Å². The van der Waals surface area contributed by atoms with E-state index in [1.54, 1.807) is 24.3 Å². The predicted octanol–water partition coefficient (Wildman–Crippen LogP) is 3.48. The monoisotopic (exact) mass is 449 g/mol. The van der Waals surface area contributed by atoms with Crippen molar-refractivity contribution in [2.45, 2.75) is 38.2 Å². The van der Waals surface area contributed by atoms with Gasteiger partial charge in [-0.25, -0.2) is 0 Å². The van der Waals surface area contributed by atoms with Gasteiger partial charge in [-0.3, -0.25) is 14.4 Å². The third kappa shape index (κ3) is 5.79. The third-order valence-corrected chi connectivity index (χ3v) is 6.57. The summed E-state index contributed by atoms with van der Waals surface area (Å²) in [5.74, 6) is 0.129. The van der Waals surface area contributed by atoms with Crippen LogP contribution in [0.1, 0.15) is 53.3 Å². The van der Waals surface area contributed by atoms with E-state index in [4.69, 9.17) is 4.74 Å². The van der Waals surface area contributed by atoms with Crippen molar-refractivity contribution in [3.63, 3.8) is 0 Å². The molecule has 0 bridgehead atoms. The number of amides is 3. The Morgan fingerprint density at radius 2 is 1.76 bits per heavy atom. The number of likely N-dealkylation sites (tertiary alicyclic amines) is 1. The van der Waals surface area contributed by atoms with E-state index in [-0.39, 0.29) is 23.3 Å². The van der Waals surface area contributed by atoms with Crippen molar-refractivity contribution >= 4 is 23.4 Å². The fourth-order valence-corrected chi connectivity index (χ4v) is 4.81. The smallest absolute Gasteiger partial charge is 0.253 e. The van der Waals surface area contributed by atoms with Crippen molar-refractivity contribution in [3.8, 4) is 0 Å². The number of hydrogen-bond donors (Lipinski definition) is 2. The number of nitrogens with one attached hydrogen (secondary N) is 2. The molecular formula is C26H31N3O4. The molecule has 2 aliphatic heterocycles. The highest BCUT2D eigenvalue weighted by atomic mass is 16.5. The Morgan fingerprint density at radius 3 is 2.48 bits per heavy atom. The quantitative estimate of drug-likeness (QED) is 0.732. The summed E-state index contributed by atoms with van der Waals surface area (Å²) in [6.45, 7) is 4.03. The highest BCUT2D eigenvalue weighted by Gasteiger charge is 2.41. The predicted molar refractivity (Wildman–Crippen MR) is 126 cm³/mol. The first-order valence-corrected chi connectivity index (χ1v) is 11.6. The van der Waals surface area contributed by atoms with Crippen LogP contribution in [0.25, 0.3) is 0 Å². The van der Waals surface area contributed by atoms with Crippen LogP contribution in [-0.2, 0) is 9.53 Å². The molecule has 0 radical (unpaired) electrons. The van der Waals surface area contributed by atoms with Crippen molar-refractivity contribution in [2.75, 3.05) is 31.6 Å². The van der Waals surface area contributed by atoms with Crippen LogP contribution in [0, 0.1) is 5.92 Å². The van der Waals surface area contributed by atoms with E-state index in [1.165, 1.54) is 6.92 Å². The molecule has 3 amide bonds. The van der Waals surface area contributed by atoms with E-state index < -0.39 is 0 Å². The van der Waals surface area contributed by atoms with Gasteiger partial charge in [-0.15, -0.1) is 0 Å². The van der Waals surface area contributed by atoms with Crippen LogP contribution >= 0.6 is 0 Å². The second-order valence-electron chi connectivity index (χ2n) is 9.02. The zero-order valence-electron chi connectivity index (χ0n) is 19.0. The van der Waals surface area contributed by atoms with Crippen molar-refractivity contribution in [1.82, 2.24) is 10.2 Å². The van der Waals surface area contributed by atoms with Crippen LogP contribution in [-0.4, -0.2) is 54.5 Å². The number of anilines is 1. The summed E-state index contributed by atoms with van der Waals surface area (Å²) >= 11 is 0. The Bertz CT molecular complexity index is 1000. The Kier molecular flexibility index (Phi) is 7.08. The lowest BCUT2D eigenvalue weighted by Gasteiger charge is -2.46. The molecule has 2 aliphatic rings. The van der Waals surface area contributed by atoms with Gasteiger partial charge in [0.2, 0.25) is 5.91 Å². The summed E-state index contributed by atoms with van der Waals surface area (Å²) in [6.07, 6.45) is 3.39. The molecule has 2 aromatic rings. The van der Waals surface area contributed by atoms with Crippen LogP contribution in [0.3, 0.4) is 0 Å². The lowest BCUT2D eigenvalue weighted by Crippen LogP contribution is -2.51. The first kappa shape index (κ1) is 23.0. The first-order chi connectivity index (χ1) is 15.9. The molecule has 7 nitrogen and oxygen atoms in total. The van der Waals surface area contributed by atoms with E-state index in [0.29, 0.717) is 49.0 Å². The van der Waals surface area contributed by atoms with Gasteiger partial charge in [0.05, 0.1) is 5.60 Å². The summed E-state index contributed by atoms with van der Waals surface area (Å²) in [7, 11) is 0. The van der Waals surface area contributed by atoms with Gasteiger partial charge in [0.15, 0.2) is 0 Å². The summed E-state index contributed by atoms with van der Waals surface area (Å²) in [6, 6.07) is 16.3. The number of hydrogen-bond acceptors (Lipinski definition) is 4. The molecule has 0 aromatic heterocycles. The molecule has 2 heterocycles. The van der Waals surface area contributed by atoms with Gasteiger partial charge in [0.25, 0.3) is 11.8 Å². The summed E-state index contributed by atoms with van der Waals surface area (Å²) in [5.41, 5.74) is 1.64. The molecule has 1 spiro atoms. The highest BCUT2D eigenvalue weighted by molar-refractivity contribution is 5.97. The summed E-state index contributed by atoms with van der Waals surface area (Å²) in [5, 5.41) is 5.79. The maximum Gasteiger partial charge on any atom is 0.253 e. The van der Waals surface area contributed by atoms with Crippen LogP contribution in [0.4, 0.5) is 5.69 Å². The van der Waals surface area contributed by atoms with Gasteiger partial charge in [-0.1, -0.05) is 24.3 Å². The topological polar surface area (TPSA) is 87.7 Å². The molecule has 4 rings (SSSR count). The minimum atomic E-state index is -0.227. The zero-order valence-corrected chi connectivity index (χ0v) is 19.0. The van der Waals surface area contributed by atoms with Gasteiger partial charge in [0.1, 0.15) is 0 Å². The third-order valence-electron chi connectivity index (χ3n) is 6.57. The minimum Gasteiger partial charge on any atom is -0.375 e. The standard InChI is InChI=1S/C26H31N3O4/c1-19(30)28-23-9-5-8-22(16-23)25(32)29-13-11-26(12-14-29)17-20(10-15-33-26)18-27-24(31)21-6-3-2-4-7-21/h2-9,16,20H,10-15,17-18H2,1H3,(H,27,31)(H,28,30). The molecule has 2 saturated heterocycles. The fraction of sp³-hybridized carbons (Fsp3) is 0.423. The maximum atomic E-state index is 13.0. The first-order valence-electron chi connectivity index (χ1n) is 11.6. The second-order valence-corrected chi connectivity index (χ2v) is 9.02. The Balaban J connectivity index is 1.30. The zero-order chi connectivity index (χ0) is 23.3. The second kappa shape index (κ2) is 10.2. The van der Waals surface area contributed by atoms with E-state index in [2.05, 4.69) is 10.6 Å². The van der Waals surface area contributed by atoms with Crippen molar-refractivity contribution in [1.29, 1.82) is 0 Å². The lowest BCUT2D eigenvalue weighted by atomic mass is 9.79.